The first-order valence-corrected chi connectivity index (χ1v) is 23.5. The van der Waals surface area contributed by atoms with Crippen molar-refractivity contribution in [1.82, 2.24) is 33.6 Å². The van der Waals surface area contributed by atoms with Crippen LogP contribution < -0.4 is 9.47 Å². The molecule has 0 aliphatic heterocycles. The summed E-state index contributed by atoms with van der Waals surface area (Å²) in [5.74, 6) is 5.24. The third-order valence-electron chi connectivity index (χ3n) is 13.3. The second kappa shape index (κ2) is 15.6. The molecule has 69 heavy (non-hydrogen) atoms. The van der Waals surface area contributed by atoms with Gasteiger partial charge in [-0.2, -0.15) is 0 Å². The molecule has 0 amide bonds. The lowest BCUT2D eigenvalue weighted by Gasteiger charge is -2.24. The van der Waals surface area contributed by atoms with Crippen molar-refractivity contribution in [3.8, 4) is 40.6 Å². The van der Waals surface area contributed by atoms with Crippen LogP contribution in [0.25, 0.3) is 83.0 Å². The van der Waals surface area contributed by atoms with E-state index in [-0.39, 0.29) is 10.8 Å². The number of fused-ring (bicyclic) bond motifs is 9. The van der Waals surface area contributed by atoms with Crippen LogP contribution in [0.2, 0.25) is 0 Å². The standard InChI is InChI=1S/C60H51N7O2/c1-36-22-26-61-56(28-36)65-48-16-11-9-14-40(48)42-20-18-38(30-50(42)65)68-54-34-52-44(32-46(54)59(3,4)5)45-33-47(60(6,7)8)55(35-53(45)67(52)58-63-24-13-25-64-58)69-39-19-21-43-41-15-10-12-17-49(41)66(51(43)31-39)57-29-37(2)23-27-62-57/h9-35H,1-8H3. The molecule has 9 nitrogen and oxygen atoms in total. The number of aromatic nitrogens is 7. The zero-order chi connectivity index (χ0) is 47.3. The molecule has 0 aliphatic rings. The molecule has 12 rings (SSSR count). The van der Waals surface area contributed by atoms with Crippen molar-refractivity contribution in [2.24, 2.45) is 0 Å². The van der Waals surface area contributed by atoms with Gasteiger partial charge < -0.3 is 9.47 Å². The predicted molar refractivity (Wildman–Crippen MR) is 281 cm³/mol. The normalized spacial score (nSPS) is 12.3. The molecule has 338 valence electrons. The molecule has 9 heteroatoms. The second-order valence-electron chi connectivity index (χ2n) is 20.3. The number of nitrogens with zero attached hydrogens (tertiary/aromatic N) is 7. The molecule has 0 saturated carbocycles. The van der Waals surface area contributed by atoms with E-state index in [9.17, 15) is 0 Å². The third-order valence-corrected chi connectivity index (χ3v) is 13.3. The van der Waals surface area contributed by atoms with Crippen molar-refractivity contribution < 1.29 is 9.47 Å². The summed E-state index contributed by atoms with van der Waals surface area (Å²) in [6.45, 7) is 17.6. The number of hydrogen-bond acceptors (Lipinski definition) is 6. The molecule has 0 N–H and O–H groups in total. The van der Waals surface area contributed by atoms with Crippen LogP contribution in [0.5, 0.6) is 23.0 Å². The topological polar surface area (TPSA) is 84.8 Å². The molecule has 0 radical (unpaired) electrons. The Morgan fingerprint density at radius 1 is 0.362 bits per heavy atom. The monoisotopic (exact) mass is 901 g/mol. The predicted octanol–water partition coefficient (Wildman–Crippen LogP) is 15.4. The Balaban J connectivity index is 1.05. The van der Waals surface area contributed by atoms with Crippen LogP contribution in [0, 0.1) is 13.8 Å². The quantitative estimate of drug-likeness (QED) is 0.158. The largest absolute Gasteiger partial charge is 0.457 e. The molecule has 0 fully saturated rings. The second-order valence-corrected chi connectivity index (χ2v) is 20.3. The van der Waals surface area contributed by atoms with Crippen molar-refractivity contribution in [3.05, 3.63) is 187 Å². The molecule has 0 saturated heterocycles. The van der Waals surface area contributed by atoms with Gasteiger partial charge in [-0.1, -0.05) is 77.9 Å². The van der Waals surface area contributed by atoms with Crippen LogP contribution in [0.1, 0.15) is 63.8 Å². The van der Waals surface area contributed by atoms with E-state index in [1.165, 1.54) is 0 Å². The minimum atomic E-state index is -0.281. The Morgan fingerprint density at radius 2 is 0.783 bits per heavy atom. The minimum absolute atomic E-state index is 0.281. The van der Waals surface area contributed by atoms with Crippen molar-refractivity contribution in [1.29, 1.82) is 0 Å². The maximum Gasteiger partial charge on any atom is 0.234 e. The molecule has 0 spiro atoms. The number of benzene rings is 6. The number of aryl methyl sites for hydroxylation is 2. The Morgan fingerprint density at radius 3 is 1.22 bits per heavy atom. The summed E-state index contributed by atoms with van der Waals surface area (Å²) in [6, 6.07) is 48.8. The highest BCUT2D eigenvalue weighted by molar-refractivity contribution is 6.12. The van der Waals surface area contributed by atoms with E-state index in [0.29, 0.717) is 5.95 Å². The average Bonchev–Trinajstić information content (AvgIpc) is 3.95. The molecular weight excluding hydrogens is 851 g/mol. The maximum absolute atomic E-state index is 7.12. The smallest absolute Gasteiger partial charge is 0.234 e. The van der Waals surface area contributed by atoms with Crippen molar-refractivity contribution in [2.75, 3.05) is 0 Å². The Labute approximate surface area is 400 Å². The van der Waals surface area contributed by atoms with E-state index in [2.05, 4.69) is 190 Å². The highest BCUT2D eigenvalue weighted by atomic mass is 16.5. The van der Waals surface area contributed by atoms with Gasteiger partial charge in [-0.3, -0.25) is 13.7 Å². The molecule has 6 heterocycles. The van der Waals surface area contributed by atoms with E-state index in [1.54, 1.807) is 12.4 Å². The fourth-order valence-corrected chi connectivity index (χ4v) is 10.1. The van der Waals surface area contributed by atoms with Crippen molar-refractivity contribution in [3.63, 3.8) is 0 Å². The molecule has 6 aromatic heterocycles. The van der Waals surface area contributed by atoms with Gasteiger partial charge in [0.15, 0.2) is 0 Å². The van der Waals surface area contributed by atoms with E-state index < -0.39 is 0 Å². The third kappa shape index (κ3) is 7.07. The van der Waals surface area contributed by atoms with Gasteiger partial charge >= 0.3 is 0 Å². The lowest BCUT2D eigenvalue weighted by atomic mass is 9.84. The molecule has 0 aliphatic carbocycles. The Hall–Kier alpha value is -8.30. The van der Waals surface area contributed by atoms with E-state index in [1.807, 2.05) is 30.6 Å². The summed E-state index contributed by atoms with van der Waals surface area (Å²) in [5, 5.41) is 6.73. The van der Waals surface area contributed by atoms with Crippen LogP contribution in [-0.2, 0) is 10.8 Å². The fourth-order valence-electron chi connectivity index (χ4n) is 10.1. The highest BCUT2D eigenvalue weighted by Crippen LogP contribution is 2.46. The van der Waals surface area contributed by atoms with Gasteiger partial charge in [-0.15, -0.1) is 0 Å². The van der Waals surface area contributed by atoms with Gasteiger partial charge in [-0.25, -0.2) is 19.9 Å². The Bertz CT molecular complexity index is 3770. The number of hydrogen-bond donors (Lipinski definition) is 0. The first kappa shape index (κ1) is 42.1. The molecule has 12 aromatic rings. The summed E-state index contributed by atoms with van der Waals surface area (Å²) >= 11 is 0. The van der Waals surface area contributed by atoms with Crippen molar-refractivity contribution in [2.45, 2.75) is 66.2 Å². The average molecular weight is 902 g/mol. The van der Waals surface area contributed by atoms with Gasteiger partial charge in [0.2, 0.25) is 5.95 Å². The summed E-state index contributed by atoms with van der Waals surface area (Å²) in [4.78, 5) is 19.3. The highest BCUT2D eigenvalue weighted by Gasteiger charge is 2.28. The van der Waals surface area contributed by atoms with Gasteiger partial charge in [-0.05, 0) is 115 Å². The lowest BCUT2D eigenvalue weighted by molar-refractivity contribution is 0.456. The summed E-state index contributed by atoms with van der Waals surface area (Å²) < 4.78 is 20.8. The number of rotatable bonds is 7. The van der Waals surface area contributed by atoms with Gasteiger partial charge in [0.25, 0.3) is 0 Å². The molecule has 0 unspecified atom stereocenters. The SMILES string of the molecule is Cc1ccnc(-n2c3ccccc3c3ccc(Oc4cc5c(cc4C(C)(C)C)c4cc(C(C)(C)C)c(Oc6ccc7c8ccccc8n(-c8cc(C)ccn8)c7c6)cc4n5-c4ncccn4)cc32)c1. The number of pyridine rings is 2. The summed E-state index contributed by atoms with van der Waals surface area (Å²) in [7, 11) is 0. The molecule has 0 bridgehead atoms. The summed E-state index contributed by atoms with van der Waals surface area (Å²) in [5.41, 5.74) is 9.95. The zero-order valence-corrected chi connectivity index (χ0v) is 40.0. The van der Waals surface area contributed by atoms with E-state index in [4.69, 9.17) is 29.4 Å². The van der Waals surface area contributed by atoms with Crippen LogP contribution in [0.15, 0.2) is 164 Å². The van der Waals surface area contributed by atoms with Gasteiger partial charge in [0, 0.05) is 92.5 Å². The van der Waals surface area contributed by atoms with Gasteiger partial charge in [0.1, 0.15) is 34.6 Å². The summed E-state index contributed by atoms with van der Waals surface area (Å²) in [6.07, 6.45) is 7.32. The lowest BCUT2D eigenvalue weighted by Crippen LogP contribution is -2.13. The maximum atomic E-state index is 7.12. The number of ether oxygens (including phenoxy) is 2. The van der Waals surface area contributed by atoms with Crippen LogP contribution in [-0.4, -0.2) is 33.6 Å². The van der Waals surface area contributed by atoms with Crippen LogP contribution in [0.4, 0.5) is 0 Å². The first-order chi connectivity index (χ1) is 33.3. The molecule has 0 atom stereocenters. The fraction of sp³-hybridized carbons (Fsp3) is 0.167. The molecule has 6 aromatic carbocycles. The van der Waals surface area contributed by atoms with Gasteiger partial charge in [0.05, 0.1) is 33.1 Å². The van der Waals surface area contributed by atoms with E-state index in [0.717, 1.165) is 122 Å². The minimum Gasteiger partial charge on any atom is -0.457 e. The Kier molecular flexibility index (Phi) is 9.54. The van der Waals surface area contributed by atoms with Crippen molar-refractivity contribution >= 4 is 65.4 Å². The van der Waals surface area contributed by atoms with Crippen LogP contribution in [0.3, 0.4) is 0 Å². The van der Waals surface area contributed by atoms with E-state index >= 15 is 0 Å². The first-order valence-electron chi connectivity index (χ1n) is 23.5. The van der Waals surface area contributed by atoms with Crippen LogP contribution >= 0.6 is 0 Å². The molecular formula is C60H51N7O2. The zero-order valence-electron chi connectivity index (χ0n) is 40.0. The number of para-hydroxylation sites is 2.